The number of hydrogen-bond donors (Lipinski definition) is 3. The summed E-state index contributed by atoms with van der Waals surface area (Å²) in [5.41, 5.74) is 4.56. The molecule has 0 saturated carbocycles. The molecular weight excluding hydrogens is 338 g/mol. The highest BCUT2D eigenvalue weighted by Gasteiger charge is 2.15. The van der Waals surface area contributed by atoms with Crippen molar-refractivity contribution in [1.29, 1.82) is 0 Å². The van der Waals surface area contributed by atoms with E-state index in [1.54, 1.807) is 36.4 Å². The highest BCUT2D eigenvalue weighted by atomic mass is 16.5. The number of furan rings is 1. The molecule has 2 aromatic rings. The van der Waals surface area contributed by atoms with Gasteiger partial charge in [-0.05, 0) is 42.8 Å². The van der Waals surface area contributed by atoms with Crippen LogP contribution in [-0.2, 0) is 16.1 Å². The van der Waals surface area contributed by atoms with Crippen molar-refractivity contribution < 1.29 is 23.5 Å². The molecule has 0 unspecified atom stereocenters. The molecule has 1 aromatic carbocycles. The van der Waals surface area contributed by atoms with Crippen molar-refractivity contribution in [3.63, 3.8) is 0 Å². The van der Waals surface area contributed by atoms with E-state index in [0.717, 1.165) is 12.8 Å². The first kappa shape index (κ1) is 19.0. The minimum Gasteiger partial charge on any atom is -0.494 e. The fourth-order valence-electron chi connectivity index (χ4n) is 1.94. The van der Waals surface area contributed by atoms with Gasteiger partial charge in [-0.3, -0.25) is 25.2 Å². The predicted molar refractivity (Wildman–Crippen MR) is 93.0 cm³/mol. The van der Waals surface area contributed by atoms with Crippen LogP contribution in [0.3, 0.4) is 0 Å². The monoisotopic (exact) mass is 359 g/mol. The zero-order chi connectivity index (χ0) is 18.8. The number of rotatable bonds is 7. The van der Waals surface area contributed by atoms with E-state index in [0.29, 0.717) is 23.7 Å². The Morgan fingerprint density at radius 3 is 2.46 bits per heavy atom. The van der Waals surface area contributed by atoms with Gasteiger partial charge in [-0.15, -0.1) is 0 Å². The highest BCUT2D eigenvalue weighted by molar-refractivity contribution is 6.35. The van der Waals surface area contributed by atoms with Crippen LogP contribution >= 0.6 is 0 Å². The van der Waals surface area contributed by atoms with Crippen LogP contribution in [0.15, 0.2) is 47.1 Å². The Morgan fingerprint density at radius 2 is 1.81 bits per heavy atom. The lowest BCUT2D eigenvalue weighted by Crippen LogP contribution is -2.48. The molecule has 26 heavy (non-hydrogen) atoms. The van der Waals surface area contributed by atoms with Gasteiger partial charge in [-0.25, -0.2) is 0 Å². The van der Waals surface area contributed by atoms with E-state index in [1.165, 1.54) is 6.26 Å². The molecular formula is C18H21N3O5. The molecule has 2 rings (SSSR count). The van der Waals surface area contributed by atoms with Gasteiger partial charge < -0.3 is 14.5 Å². The normalized spacial score (nSPS) is 10.0. The van der Waals surface area contributed by atoms with Crippen LogP contribution in [0, 0.1) is 0 Å². The lowest BCUT2D eigenvalue weighted by atomic mass is 10.2. The number of hydrogen-bond acceptors (Lipinski definition) is 5. The van der Waals surface area contributed by atoms with E-state index in [-0.39, 0.29) is 6.54 Å². The third-order valence-corrected chi connectivity index (χ3v) is 3.38. The van der Waals surface area contributed by atoms with Crippen molar-refractivity contribution in [3.05, 3.63) is 54.0 Å². The van der Waals surface area contributed by atoms with Crippen molar-refractivity contribution in [1.82, 2.24) is 16.2 Å². The van der Waals surface area contributed by atoms with Gasteiger partial charge in [0.25, 0.3) is 5.91 Å². The van der Waals surface area contributed by atoms with Gasteiger partial charge in [0.15, 0.2) is 0 Å². The van der Waals surface area contributed by atoms with Crippen molar-refractivity contribution in [2.24, 2.45) is 0 Å². The standard InChI is InChI=1S/C18H21N3O5/c1-2-3-10-25-14-8-6-13(7-9-14)16(22)20-21-18(24)17(23)19-12-15-5-4-11-26-15/h4-9,11H,2-3,10,12H2,1H3,(H,19,23)(H,20,22)(H,21,24). The number of amides is 3. The Balaban J connectivity index is 1.74. The Hall–Kier alpha value is -3.29. The number of carbonyl (C=O) groups is 3. The predicted octanol–water partition coefficient (Wildman–Crippen LogP) is 1.54. The van der Waals surface area contributed by atoms with Crippen LogP contribution in [0.4, 0.5) is 0 Å². The molecule has 0 fully saturated rings. The van der Waals surface area contributed by atoms with Crippen molar-refractivity contribution >= 4 is 17.7 Å². The number of ether oxygens (including phenoxy) is 1. The zero-order valence-electron chi connectivity index (χ0n) is 14.4. The smallest absolute Gasteiger partial charge is 0.327 e. The summed E-state index contributed by atoms with van der Waals surface area (Å²) in [6.45, 7) is 2.76. The van der Waals surface area contributed by atoms with E-state index in [4.69, 9.17) is 9.15 Å². The van der Waals surface area contributed by atoms with Crippen molar-refractivity contribution in [3.8, 4) is 5.75 Å². The zero-order valence-corrected chi connectivity index (χ0v) is 14.4. The van der Waals surface area contributed by atoms with E-state index < -0.39 is 17.7 Å². The molecule has 0 saturated heterocycles. The fourth-order valence-corrected chi connectivity index (χ4v) is 1.94. The van der Waals surface area contributed by atoms with E-state index in [1.807, 2.05) is 0 Å². The molecule has 0 atom stereocenters. The number of carbonyl (C=O) groups excluding carboxylic acids is 3. The SMILES string of the molecule is CCCCOc1ccc(C(=O)NNC(=O)C(=O)NCc2ccco2)cc1. The second kappa shape index (κ2) is 9.87. The number of unbranched alkanes of at least 4 members (excludes halogenated alkanes) is 1. The third kappa shape index (κ3) is 5.97. The summed E-state index contributed by atoms with van der Waals surface area (Å²) in [6.07, 6.45) is 3.45. The Bertz CT molecular complexity index is 726. The minimum atomic E-state index is -0.982. The average molecular weight is 359 g/mol. The number of nitrogens with one attached hydrogen (secondary N) is 3. The molecule has 3 N–H and O–H groups in total. The largest absolute Gasteiger partial charge is 0.494 e. The van der Waals surface area contributed by atoms with Gasteiger partial charge >= 0.3 is 11.8 Å². The molecule has 0 bridgehead atoms. The first-order chi connectivity index (χ1) is 12.6. The lowest BCUT2D eigenvalue weighted by Gasteiger charge is -2.08. The summed E-state index contributed by atoms with van der Waals surface area (Å²) in [5, 5.41) is 2.37. The Labute approximate surface area is 150 Å². The third-order valence-electron chi connectivity index (χ3n) is 3.38. The summed E-state index contributed by atoms with van der Waals surface area (Å²) >= 11 is 0. The molecule has 0 spiro atoms. The maximum atomic E-state index is 12.0. The molecule has 0 aliphatic heterocycles. The maximum absolute atomic E-state index is 12.0. The highest BCUT2D eigenvalue weighted by Crippen LogP contribution is 2.12. The summed E-state index contributed by atoms with van der Waals surface area (Å²) in [4.78, 5) is 35.2. The van der Waals surface area contributed by atoms with Gasteiger partial charge in [0.1, 0.15) is 11.5 Å². The molecule has 1 aromatic heterocycles. The van der Waals surface area contributed by atoms with Gasteiger partial charge in [0.05, 0.1) is 19.4 Å². The first-order valence-corrected chi connectivity index (χ1v) is 8.24. The maximum Gasteiger partial charge on any atom is 0.327 e. The van der Waals surface area contributed by atoms with Crippen LogP contribution in [0.1, 0.15) is 35.9 Å². The first-order valence-electron chi connectivity index (χ1n) is 8.24. The van der Waals surface area contributed by atoms with E-state index >= 15 is 0 Å². The van der Waals surface area contributed by atoms with Crippen molar-refractivity contribution in [2.45, 2.75) is 26.3 Å². The van der Waals surface area contributed by atoms with Gasteiger partial charge in [-0.1, -0.05) is 13.3 Å². The second-order valence-corrected chi connectivity index (χ2v) is 5.40. The molecule has 3 amide bonds. The quantitative estimate of drug-likeness (QED) is 0.395. The average Bonchev–Trinajstić information content (AvgIpc) is 3.18. The molecule has 1 heterocycles. The van der Waals surface area contributed by atoms with Gasteiger partial charge in [-0.2, -0.15) is 0 Å². The van der Waals surface area contributed by atoms with Gasteiger partial charge in [0.2, 0.25) is 0 Å². The second-order valence-electron chi connectivity index (χ2n) is 5.40. The molecule has 0 aliphatic carbocycles. The van der Waals surface area contributed by atoms with Crippen molar-refractivity contribution in [2.75, 3.05) is 6.61 Å². The van der Waals surface area contributed by atoms with Crippen LogP contribution < -0.4 is 20.9 Å². The lowest BCUT2D eigenvalue weighted by molar-refractivity contribution is -0.139. The number of hydrazine groups is 1. The molecule has 8 heteroatoms. The fraction of sp³-hybridized carbons (Fsp3) is 0.278. The van der Waals surface area contributed by atoms with E-state index in [9.17, 15) is 14.4 Å². The molecule has 0 aliphatic rings. The molecule has 0 radical (unpaired) electrons. The molecule has 138 valence electrons. The summed E-state index contributed by atoms with van der Waals surface area (Å²) in [5.74, 6) is -1.24. The minimum absolute atomic E-state index is 0.0761. The van der Waals surface area contributed by atoms with E-state index in [2.05, 4.69) is 23.1 Å². The Morgan fingerprint density at radius 1 is 1.04 bits per heavy atom. The molecule has 8 nitrogen and oxygen atoms in total. The number of benzene rings is 1. The summed E-state index contributed by atoms with van der Waals surface area (Å²) in [6, 6.07) is 9.81. The van der Waals surface area contributed by atoms with Crippen LogP contribution in [0.25, 0.3) is 0 Å². The van der Waals surface area contributed by atoms with Crippen LogP contribution in [0.2, 0.25) is 0 Å². The van der Waals surface area contributed by atoms with Crippen LogP contribution in [0.5, 0.6) is 5.75 Å². The summed E-state index contributed by atoms with van der Waals surface area (Å²) < 4.78 is 10.5. The Kier molecular flexibility index (Phi) is 7.23. The van der Waals surface area contributed by atoms with Gasteiger partial charge in [0, 0.05) is 5.56 Å². The topological polar surface area (TPSA) is 110 Å². The summed E-state index contributed by atoms with van der Waals surface area (Å²) in [7, 11) is 0. The van der Waals surface area contributed by atoms with Crippen LogP contribution in [-0.4, -0.2) is 24.3 Å².